The number of aromatic nitrogens is 2. The van der Waals surface area contributed by atoms with Crippen molar-refractivity contribution >= 4 is 16.9 Å². The molecule has 1 atom stereocenters. The SMILES string of the molecule is CCC1(O)CC(=O)OCc2c1cc1n(c2=O)Cc2c-1nc1ccc(OC)cc1c2CN1CC=CCC1. The predicted molar refractivity (Wildman–Crippen MR) is 135 cm³/mol. The van der Waals surface area contributed by atoms with E-state index in [2.05, 4.69) is 17.1 Å². The maximum Gasteiger partial charge on any atom is 0.309 e. The second-order valence-corrected chi connectivity index (χ2v) is 9.83. The molecule has 0 spiro atoms. The van der Waals surface area contributed by atoms with Crippen LogP contribution in [0.4, 0.5) is 0 Å². The third-order valence-electron chi connectivity index (χ3n) is 7.79. The summed E-state index contributed by atoms with van der Waals surface area (Å²) in [5, 5.41) is 12.4. The maximum atomic E-state index is 13.7. The van der Waals surface area contributed by atoms with E-state index in [9.17, 15) is 14.7 Å². The van der Waals surface area contributed by atoms with Gasteiger partial charge in [-0.1, -0.05) is 19.1 Å². The molecule has 8 nitrogen and oxygen atoms in total. The Morgan fingerprint density at radius 2 is 2.06 bits per heavy atom. The summed E-state index contributed by atoms with van der Waals surface area (Å²) in [5.41, 5.74) is 3.53. The zero-order valence-corrected chi connectivity index (χ0v) is 20.5. The third-order valence-corrected chi connectivity index (χ3v) is 7.79. The topological polar surface area (TPSA) is 93.9 Å². The zero-order valence-electron chi connectivity index (χ0n) is 20.5. The van der Waals surface area contributed by atoms with Crippen LogP contribution in [0.25, 0.3) is 22.3 Å². The first-order valence-corrected chi connectivity index (χ1v) is 12.4. The monoisotopic (exact) mass is 487 g/mol. The summed E-state index contributed by atoms with van der Waals surface area (Å²) in [5.74, 6) is 0.259. The number of pyridine rings is 2. The van der Waals surface area contributed by atoms with Crippen LogP contribution in [0.5, 0.6) is 5.75 Å². The van der Waals surface area contributed by atoms with E-state index in [1.54, 1.807) is 11.7 Å². The van der Waals surface area contributed by atoms with Gasteiger partial charge in [-0.05, 0) is 48.2 Å². The van der Waals surface area contributed by atoms with Crippen LogP contribution in [0.1, 0.15) is 48.4 Å². The number of carbonyl (C=O) groups is 1. The molecule has 6 rings (SSSR count). The molecule has 0 aliphatic carbocycles. The molecular formula is C28H29N3O5. The van der Waals surface area contributed by atoms with Crippen molar-refractivity contribution in [3.05, 3.63) is 69.0 Å². The molecule has 0 bridgehead atoms. The van der Waals surface area contributed by atoms with Crippen molar-refractivity contribution in [2.75, 3.05) is 20.2 Å². The molecule has 1 aromatic carbocycles. The van der Waals surface area contributed by atoms with Gasteiger partial charge < -0.3 is 19.1 Å². The number of esters is 1. The number of fused-ring (bicyclic) bond motifs is 5. The molecule has 0 saturated heterocycles. The summed E-state index contributed by atoms with van der Waals surface area (Å²) in [6.45, 7) is 4.64. The highest BCUT2D eigenvalue weighted by Gasteiger charge is 2.39. The number of aliphatic hydroxyl groups is 1. The van der Waals surface area contributed by atoms with Gasteiger partial charge in [0.05, 0.1) is 42.5 Å². The van der Waals surface area contributed by atoms with Gasteiger partial charge in [0.15, 0.2) is 0 Å². The first-order valence-electron chi connectivity index (χ1n) is 12.4. The molecule has 0 radical (unpaired) electrons. The molecule has 8 heteroatoms. The van der Waals surface area contributed by atoms with E-state index in [1.807, 2.05) is 31.2 Å². The Balaban J connectivity index is 1.58. The molecule has 1 N–H and O–H groups in total. The minimum Gasteiger partial charge on any atom is -0.497 e. The Morgan fingerprint density at radius 3 is 2.81 bits per heavy atom. The van der Waals surface area contributed by atoms with Gasteiger partial charge in [0.1, 0.15) is 18.0 Å². The van der Waals surface area contributed by atoms with E-state index in [0.717, 1.165) is 59.5 Å². The number of rotatable bonds is 4. The van der Waals surface area contributed by atoms with E-state index < -0.39 is 11.6 Å². The van der Waals surface area contributed by atoms with Crippen molar-refractivity contribution in [1.82, 2.24) is 14.5 Å². The largest absolute Gasteiger partial charge is 0.497 e. The van der Waals surface area contributed by atoms with Gasteiger partial charge in [-0.3, -0.25) is 14.5 Å². The van der Waals surface area contributed by atoms with Gasteiger partial charge in [0.25, 0.3) is 5.56 Å². The molecule has 1 unspecified atom stereocenters. The van der Waals surface area contributed by atoms with Gasteiger partial charge in [0, 0.05) is 30.6 Å². The van der Waals surface area contributed by atoms with Crippen LogP contribution in [-0.4, -0.2) is 45.7 Å². The maximum absolute atomic E-state index is 13.7. The highest BCUT2D eigenvalue weighted by molar-refractivity contribution is 5.89. The van der Waals surface area contributed by atoms with E-state index in [1.165, 1.54) is 0 Å². The predicted octanol–water partition coefficient (Wildman–Crippen LogP) is 3.24. The number of benzene rings is 1. The van der Waals surface area contributed by atoms with Crippen LogP contribution < -0.4 is 10.3 Å². The van der Waals surface area contributed by atoms with Gasteiger partial charge in [-0.15, -0.1) is 0 Å². The van der Waals surface area contributed by atoms with Crippen molar-refractivity contribution in [2.45, 2.75) is 51.5 Å². The summed E-state index contributed by atoms with van der Waals surface area (Å²) >= 11 is 0. The van der Waals surface area contributed by atoms with E-state index in [0.29, 0.717) is 29.8 Å². The van der Waals surface area contributed by atoms with Crippen LogP contribution in [-0.2, 0) is 34.8 Å². The molecule has 36 heavy (non-hydrogen) atoms. The summed E-state index contributed by atoms with van der Waals surface area (Å²) in [7, 11) is 1.65. The molecule has 2 aromatic heterocycles. The summed E-state index contributed by atoms with van der Waals surface area (Å²) < 4.78 is 12.5. The minimum atomic E-state index is -1.45. The van der Waals surface area contributed by atoms with Crippen LogP contribution in [0, 0.1) is 0 Å². The fraction of sp³-hybridized carbons (Fsp3) is 0.393. The molecule has 0 fully saturated rings. The van der Waals surface area contributed by atoms with Gasteiger partial charge in [-0.2, -0.15) is 0 Å². The molecule has 0 saturated carbocycles. The normalized spacial score (nSPS) is 21.0. The van der Waals surface area contributed by atoms with Crippen molar-refractivity contribution in [1.29, 1.82) is 0 Å². The molecule has 0 amide bonds. The lowest BCUT2D eigenvalue weighted by atomic mass is 9.85. The molecular weight excluding hydrogens is 458 g/mol. The summed E-state index contributed by atoms with van der Waals surface area (Å²) in [4.78, 5) is 33.3. The van der Waals surface area contributed by atoms with Crippen LogP contribution in [0.15, 0.2) is 41.2 Å². The summed E-state index contributed by atoms with van der Waals surface area (Å²) in [6.07, 6.45) is 5.53. The fourth-order valence-corrected chi connectivity index (χ4v) is 5.70. The number of cyclic esters (lactones) is 1. The van der Waals surface area contributed by atoms with Gasteiger partial charge >= 0.3 is 5.97 Å². The van der Waals surface area contributed by atoms with Gasteiger partial charge in [0.2, 0.25) is 0 Å². The lowest BCUT2D eigenvalue weighted by Crippen LogP contribution is -2.32. The third kappa shape index (κ3) is 3.55. The quantitative estimate of drug-likeness (QED) is 0.349. The fourth-order valence-electron chi connectivity index (χ4n) is 5.70. The lowest BCUT2D eigenvalue weighted by Gasteiger charge is -2.26. The Bertz CT molecular complexity index is 1490. The average Bonchev–Trinajstić information content (AvgIpc) is 3.20. The highest BCUT2D eigenvalue weighted by atomic mass is 16.5. The zero-order chi connectivity index (χ0) is 25.0. The molecule has 186 valence electrons. The molecule has 3 aliphatic rings. The van der Waals surface area contributed by atoms with Crippen molar-refractivity contribution in [3.63, 3.8) is 0 Å². The molecule has 3 aliphatic heterocycles. The van der Waals surface area contributed by atoms with Gasteiger partial charge in [-0.25, -0.2) is 4.98 Å². The second-order valence-electron chi connectivity index (χ2n) is 9.83. The summed E-state index contributed by atoms with van der Waals surface area (Å²) in [6, 6.07) is 7.72. The molecule has 3 aromatic rings. The number of ether oxygens (including phenoxy) is 2. The Hall–Kier alpha value is -3.49. The number of hydrogen-bond acceptors (Lipinski definition) is 7. The number of nitrogens with zero attached hydrogens (tertiary/aromatic N) is 3. The Labute approximate surface area is 208 Å². The van der Waals surface area contributed by atoms with Crippen LogP contribution in [0.2, 0.25) is 0 Å². The van der Waals surface area contributed by atoms with Crippen molar-refractivity contribution < 1.29 is 19.4 Å². The standard InChI is InChI=1S/C28H29N3O5/c1-3-28(34)13-25(32)36-16-21-22(28)12-24-26-20(15-31(24)27(21)33)19(14-30-9-5-4-6-10-30)18-11-17(35-2)7-8-23(18)29-26/h4-5,7-8,11-12,34H,3,6,9-10,13-16H2,1-2H3. The smallest absolute Gasteiger partial charge is 0.309 e. The average molecular weight is 488 g/mol. The van der Waals surface area contributed by atoms with E-state index in [4.69, 9.17) is 14.5 Å². The van der Waals surface area contributed by atoms with Crippen LogP contribution in [0.3, 0.4) is 0 Å². The first-order chi connectivity index (χ1) is 17.4. The van der Waals surface area contributed by atoms with Crippen molar-refractivity contribution in [2.24, 2.45) is 0 Å². The lowest BCUT2D eigenvalue weighted by molar-refractivity contribution is -0.149. The van der Waals surface area contributed by atoms with E-state index >= 15 is 0 Å². The van der Waals surface area contributed by atoms with Crippen molar-refractivity contribution in [3.8, 4) is 17.1 Å². The number of carbonyl (C=O) groups excluding carboxylic acids is 1. The number of methoxy groups -OCH3 is 1. The van der Waals surface area contributed by atoms with E-state index in [-0.39, 0.29) is 18.6 Å². The Morgan fingerprint density at radius 1 is 1.19 bits per heavy atom. The Kier molecular flexibility index (Phi) is 5.46. The minimum absolute atomic E-state index is 0.133. The molecule has 5 heterocycles. The second kappa shape index (κ2) is 8.57. The first kappa shape index (κ1) is 22.9. The van der Waals surface area contributed by atoms with Crippen LogP contribution >= 0.6 is 0 Å². The highest BCUT2D eigenvalue weighted by Crippen LogP contribution is 2.41. The number of hydrogen-bond donors (Lipinski definition) is 1.